The summed E-state index contributed by atoms with van der Waals surface area (Å²) in [4.78, 5) is 0. The molecule has 0 bridgehead atoms. The number of hydrogen-bond acceptors (Lipinski definition) is 1. The molecule has 0 amide bonds. The van der Waals surface area contributed by atoms with Gasteiger partial charge in [-0.15, -0.1) is 0 Å². The number of aliphatic hydroxyl groups is 1. The Morgan fingerprint density at radius 2 is 2.06 bits per heavy atom. The van der Waals surface area contributed by atoms with Gasteiger partial charge >= 0.3 is 0 Å². The first-order chi connectivity index (χ1) is 8.27. The summed E-state index contributed by atoms with van der Waals surface area (Å²) in [6, 6.07) is 8.09. The molecule has 0 fully saturated rings. The van der Waals surface area contributed by atoms with Crippen molar-refractivity contribution in [2.24, 2.45) is 5.92 Å². The lowest BCUT2D eigenvalue weighted by Crippen LogP contribution is -2.16. The van der Waals surface area contributed by atoms with Crippen LogP contribution in [0.25, 0.3) is 6.08 Å². The Balaban J connectivity index is 2.34. The molecule has 0 saturated heterocycles. The van der Waals surface area contributed by atoms with Crippen molar-refractivity contribution in [2.45, 2.75) is 32.8 Å². The van der Waals surface area contributed by atoms with Gasteiger partial charge < -0.3 is 5.11 Å². The number of hydrogen-bond donors (Lipinski definition) is 1. The van der Waals surface area contributed by atoms with Crippen LogP contribution in [-0.4, -0.2) is 5.11 Å². The van der Waals surface area contributed by atoms with Crippen molar-refractivity contribution in [2.75, 3.05) is 0 Å². The number of allylic oxidation sites excluding steroid dienone is 1. The van der Waals surface area contributed by atoms with Crippen LogP contribution < -0.4 is 0 Å². The molecule has 0 spiro atoms. The van der Waals surface area contributed by atoms with E-state index >= 15 is 0 Å². The van der Waals surface area contributed by atoms with Crippen molar-refractivity contribution in [3.05, 3.63) is 53.1 Å². The van der Waals surface area contributed by atoms with Crippen LogP contribution in [0.1, 0.15) is 43.9 Å². The molecule has 2 atom stereocenters. The maximum atomic E-state index is 10.5. The van der Waals surface area contributed by atoms with Crippen LogP contribution in [0.2, 0.25) is 0 Å². The molecule has 1 nitrogen and oxygen atoms in total. The summed E-state index contributed by atoms with van der Waals surface area (Å²) in [5.74, 6) is 0.148. The maximum absolute atomic E-state index is 10.5. The minimum Gasteiger partial charge on any atom is -0.387 e. The summed E-state index contributed by atoms with van der Waals surface area (Å²) < 4.78 is 0. The van der Waals surface area contributed by atoms with Crippen molar-refractivity contribution >= 4 is 6.08 Å². The fourth-order valence-electron chi connectivity index (χ4n) is 2.54. The van der Waals surface area contributed by atoms with Crippen molar-refractivity contribution < 1.29 is 5.11 Å². The molecule has 0 radical (unpaired) electrons. The molecule has 2 rings (SSSR count). The zero-order chi connectivity index (χ0) is 12.3. The minimum atomic E-state index is -0.394. The van der Waals surface area contributed by atoms with Crippen molar-refractivity contribution in [1.82, 2.24) is 0 Å². The van der Waals surface area contributed by atoms with Crippen LogP contribution in [-0.2, 0) is 0 Å². The summed E-state index contributed by atoms with van der Waals surface area (Å²) in [7, 11) is 0. The molecule has 0 aromatic heterocycles. The first-order valence-corrected chi connectivity index (χ1v) is 6.42. The van der Waals surface area contributed by atoms with Crippen LogP contribution in [0.15, 0.2) is 42.0 Å². The second-order valence-corrected chi connectivity index (χ2v) is 4.50. The first-order valence-electron chi connectivity index (χ1n) is 6.42. The van der Waals surface area contributed by atoms with E-state index in [0.717, 1.165) is 24.0 Å². The molecule has 90 valence electrons. The summed E-state index contributed by atoms with van der Waals surface area (Å²) in [6.07, 6.45) is 8.15. The van der Waals surface area contributed by atoms with Crippen LogP contribution in [0.4, 0.5) is 0 Å². The summed E-state index contributed by atoms with van der Waals surface area (Å²) >= 11 is 0. The average molecular weight is 228 g/mol. The number of fused-ring (bicyclic) bond motifs is 1. The summed E-state index contributed by atoms with van der Waals surface area (Å²) in [5.41, 5.74) is 3.53. The zero-order valence-corrected chi connectivity index (χ0v) is 10.6. The third-order valence-electron chi connectivity index (χ3n) is 3.44. The highest BCUT2D eigenvalue weighted by atomic mass is 16.3. The Morgan fingerprint density at radius 3 is 2.76 bits per heavy atom. The van der Waals surface area contributed by atoms with E-state index in [1.165, 1.54) is 5.57 Å². The van der Waals surface area contributed by atoms with E-state index in [-0.39, 0.29) is 5.92 Å². The highest BCUT2D eigenvalue weighted by Gasteiger charge is 2.25. The Morgan fingerprint density at radius 1 is 1.29 bits per heavy atom. The fraction of sp³-hybridized carbons (Fsp3) is 0.375. The lowest BCUT2D eigenvalue weighted by Gasteiger charge is -2.27. The molecule has 1 N–H and O–H groups in total. The third kappa shape index (κ3) is 2.34. The molecule has 1 aromatic rings. The lowest BCUT2D eigenvalue weighted by molar-refractivity contribution is 0.143. The van der Waals surface area contributed by atoms with Crippen LogP contribution in [0.3, 0.4) is 0 Å². The summed E-state index contributed by atoms with van der Waals surface area (Å²) in [6.45, 7) is 4.30. The molecule has 0 unspecified atom stereocenters. The van der Waals surface area contributed by atoms with Gasteiger partial charge in [-0.2, -0.15) is 0 Å². The SMILES string of the molecule is CC/C=C(\CC)[C@H]1C=Cc2ccccc2[C@H]1O. The number of rotatable bonds is 3. The standard InChI is InChI=1S/C16H20O/c1-3-7-12(4-2)15-11-10-13-8-5-6-9-14(13)16(15)17/h5-11,15-17H,3-4H2,1-2H3/b12-7+/t15-,16-/m1/s1. The molecule has 1 heteroatoms. The molecule has 0 aliphatic heterocycles. The molecule has 1 aliphatic carbocycles. The smallest absolute Gasteiger partial charge is 0.0895 e. The zero-order valence-electron chi connectivity index (χ0n) is 10.6. The Kier molecular flexibility index (Phi) is 3.80. The molecule has 1 aliphatic rings. The number of aliphatic hydroxyl groups excluding tert-OH is 1. The number of benzene rings is 1. The van der Waals surface area contributed by atoms with Gasteiger partial charge in [0.2, 0.25) is 0 Å². The highest BCUT2D eigenvalue weighted by molar-refractivity contribution is 5.58. The Hall–Kier alpha value is -1.34. The molecule has 0 saturated carbocycles. The monoisotopic (exact) mass is 228 g/mol. The van der Waals surface area contributed by atoms with Crippen molar-refractivity contribution in [1.29, 1.82) is 0 Å². The van der Waals surface area contributed by atoms with E-state index in [1.54, 1.807) is 0 Å². The van der Waals surface area contributed by atoms with E-state index in [2.05, 4.69) is 38.1 Å². The van der Waals surface area contributed by atoms with Gasteiger partial charge in [0, 0.05) is 5.92 Å². The quantitative estimate of drug-likeness (QED) is 0.772. The van der Waals surface area contributed by atoms with Crippen LogP contribution in [0.5, 0.6) is 0 Å². The van der Waals surface area contributed by atoms with Crippen LogP contribution in [0, 0.1) is 5.92 Å². The van der Waals surface area contributed by atoms with Gasteiger partial charge in [0.25, 0.3) is 0 Å². The van der Waals surface area contributed by atoms with Gasteiger partial charge in [0.1, 0.15) is 0 Å². The van der Waals surface area contributed by atoms with Gasteiger partial charge in [-0.25, -0.2) is 0 Å². The fourth-order valence-corrected chi connectivity index (χ4v) is 2.54. The third-order valence-corrected chi connectivity index (χ3v) is 3.44. The second-order valence-electron chi connectivity index (χ2n) is 4.50. The van der Waals surface area contributed by atoms with Crippen LogP contribution >= 0.6 is 0 Å². The van der Waals surface area contributed by atoms with E-state index < -0.39 is 6.10 Å². The van der Waals surface area contributed by atoms with Gasteiger partial charge in [0.05, 0.1) is 6.10 Å². The largest absolute Gasteiger partial charge is 0.387 e. The van der Waals surface area contributed by atoms with Gasteiger partial charge in [-0.3, -0.25) is 0 Å². The Labute approximate surface area is 103 Å². The van der Waals surface area contributed by atoms with Gasteiger partial charge in [0.15, 0.2) is 0 Å². The van der Waals surface area contributed by atoms with Gasteiger partial charge in [-0.1, -0.05) is 61.9 Å². The summed E-state index contributed by atoms with van der Waals surface area (Å²) in [5, 5.41) is 10.5. The van der Waals surface area contributed by atoms with E-state index in [0.29, 0.717) is 0 Å². The molecule has 1 aromatic carbocycles. The predicted octanol–water partition coefficient (Wildman–Crippen LogP) is 4.11. The average Bonchev–Trinajstić information content (AvgIpc) is 2.37. The topological polar surface area (TPSA) is 20.2 Å². The van der Waals surface area contributed by atoms with Crippen molar-refractivity contribution in [3.8, 4) is 0 Å². The predicted molar refractivity (Wildman–Crippen MR) is 72.6 cm³/mol. The van der Waals surface area contributed by atoms with Crippen molar-refractivity contribution in [3.63, 3.8) is 0 Å². The highest BCUT2D eigenvalue weighted by Crippen LogP contribution is 2.37. The second kappa shape index (κ2) is 5.33. The molecular weight excluding hydrogens is 208 g/mol. The lowest BCUT2D eigenvalue weighted by atomic mass is 9.81. The first kappa shape index (κ1) is 12.1. The molecular formula is C16H20O. The minimum absolute atomic E-state index is 0.148. The Bertz CT molecular complexity index is 443. The molecule has 17 heavy (non-hydrogen) atoms. The van der Waals surface area contributed by atoms with E-state index in [9.17, 15) is 5.11 Å². The normalized spacial score (nSPS) is 23.6. The molecule has 0 heterocycles. The van der Waals surface area contributed by atoms with E-state index in [1.807, 2.05) is 18.2 Å². The maximum Gasteiger partial charge on any atom is 0.0895 e. The van der Waals surface area contributed by atoms with E-state index in [4.69, 9.17) is 0 Å². The van der Waals surface area contributed by atoms with Gasteiger partial charge in [-0.05, 0) is 24.0 Å².